The molecule has 2 aromatic heterocycles. The second-order valence-electron chi connectivity index (χ2n) is 14.3. The Kier molecular flexibility index (Phi) is 13.6. The van der Waals surface area contributed by atoms with Gasteiger partial charge in [-0.05, 0) is 92.0 Å². The average molecular weight is 821 g/mol. The van der Waals surface area contributed by atoms with Gasteiger partial charge in [0.25, 0.3) is 11.8 Å². The zero-order valence-corrected chi connectivity index (χ0v) is 33.7. The highest BCUT2D eigenvalue weighted by Crippen LogP contribution is 2.35. The van der Waals surface area contributed by atoms with Crippen LogP contribution in [0, 0.1) is 6.92 Å². The lowest BCUT2D eigenvalue weighted by Gasteiger charge is -2.16. The molecule has 0 saturated carbocycles. The van der Waals surface area contributed by atoms with Crippen LogP contribution in [-0.4, -0.2) is 67.2 Å². The van der Waals surface area contributed by atoms with Crippen LogP contribution in [0.5, 0.6) is 11.5 Å². The molecule has 1 unspecified atom stereocenters. The number of amides is 2. The number of rotatable bonds is 19. The molecule has 4 aromatic carbocycles. The Morgan fingerprint density at radius 3 is 2.39 bits per heavy atom. The van der Waals surface area contributed by atoms with E-state index in [2.05, 4.69) is 25.9 Å². The number of primary amides is 1. The van der Waals surface area contributed by atoms with Crippen LogP contribution in [0.4, 0.5) is 11.4 Å². The number of pyridine rings is 2. The van der Waals surface area contributed by atoms with Crippen molar-refractivity contribution in [2.24, 2.45) is 5.73 Å². The van der Waals surface area contributed by atoms with Crippen molar-refractivity contribution in [2.75, 3.05) is 32.1 Å². The SMILES string of the molecule is COc1cccc(Nc2c(C(N)=O)cnc3c(C)cc(S(=O)(=O)c4cccc(C(=O)NCCCCCCCCNCC(O)c5ccc(O)c6[nH]c(=O)ccc56)c4)cc23)c1. The van der Waals surface area contributed by atoms with Gasteiger partial charge in [-0.2, -0.15) is 0 Å². The molecular weight excluding hydrogens is 773 g/mol. The lowest BCUT2D eigenvalue weighted by Crippen LogP contribution is -2.24. The van der Waals surface area contributed by atoms with Crippen molar-refractivity contribution in [3.05, 3.63) is 124 Å². The van der Waals surface area contributed by atoms with Crippen molar-refractivity contribution in [1.82, 2.24) is 20.6 Å². The third-order valence-electron chi connectivity index (χ3n) is 10.1. The molecule has 0 saturated heterocycles. The fourth-order valence-electron chi connectivity index (χ4n) is 6.99. The summed E-state index contributed by atoms with van der Waals surface area (Å²) in [5.41, 5.74) is 8.55. The number of phenols is 1. The quantitative estimate of drug-likeness (QED) is 0.0458. The van der Waals surface area contributed by atoms with Crippen LogP contribution < -0.4 is 32.0 Å². The number of phenolic OH excluding ortho intramolecular Hbond substituents is 1. The molecule has 0 aliphatic heterocycles. The van der Waals surface area contributed by atoms with Gasteiger partial charge in [0.2, 0.25) is 15.4 Å². The highest BCUT2D eigenvalue weighted by atomic mass is 32.2. The Balaban J connectivity index is 0.986. The summed E-state index contributed by atoms with van der Waals surface area (Å²) in [6.45, 7) is 3.23. The Labute approximate surface area is 341 Å². The zero-order chi connectivity index (χ0) is 42.1. The van der Waals surface area contributed by atoms with Crippen molar-refractivity contribution in [3.8, 4) is 11.5 Å². The lowest BCUT2D eigenvalue weighted by molar-refractivity contribution is 0.0951. The van der Waals surface area contributed by atoms with Crippen molar-refractivity contribution >= 4 is 54.8 Å². The Bertz CT molecular complexity index is 2670. The predicted octanol–water partition coefficient (Wildman–Crippen LogP) is 6.17. The van der Waals surface area contributed by atoms with E-state index in [1.54, 1.807) is 49.4 Å². The van der Waals surface area contributed by atoms with Gasteiger partial charge < -0.3 is 41.6 Å². The molecule has 1 atom stereocenters. The average Bonchev–Trinajstić information content (AvgIpc) is 3.23. The molecule has 14 nitrogen and oxygen atoms in total. The van der Waals surface area contributed by atoms with E-state index < -0.39 is 21.8 Å². The number of carbonyl (C=O) groups excluding carboxylic acids is 2. The zero-order valence-electron chi connectivity index (χ0n) is 32.9. The number of aromatic amines is 1. The predicted molar refractivity (Wildman–Crippen MR) is 227 cm³/mol. The molecule has 308 valence electrons. The van der Waals surface area contributed by atoms with Crippen LogP contribution in [-0.2, 0) is 9.84 Å². The minimum absolute atomic E-state index is 0.0343. The number of carbonyl (C=O) groups is 2. The van der Waals surface area contributed by atoms with Crippen LogP contribution in [0.3, 0.4) is 0 Å². The van der Waals surface area contributed by atoms with E-state index >= 15 is 0 Å². The second-order valence-corrected chi connectivity index (χ2v) is 16.3. The van der Waals surface area contributed by atoms with Gasteiger partial charge in [-0.15, -0.1) is 0 Å². The number of methoxy groups -OCH3 is 1. The number of aryl methyl sites for hydroxylation is 1. The number of H-pyrrole nitrogens is 1. The third kappa shape index (κ3) is 10.1. The molecule has 2 amide bonds. The van der Waals surface area contributed by atoms with Crippen molar-refractivity contribution in [3.63, 3.8) is 0 Å². The summed E-state index contributed by atoms with van der Waals surface area (Å²) in [5, 5.41) is 31.2. The molecule has 6 rings (SSSR count). The van der Waals surface area contributed by atoms with Crippen LogP contribution >= 0.6 is 0 Å². The number of aromatic hydroxyl groups is 1. The highest BCUT2D eigenvalue weighted by Gasteiger charge is 2.23. The number of fused-ring (bicyclic) bond motifs is 2. The van der Waals surface area contributed by atoms with Gasteiger partial charge in [0, 0.05) is 53.4 Å². The number of nitrogens with zero attached hydrogens (tertiary/aromatic N) is 1. The summed E-state index contributed by atoms with van der Waals surface area (Å²) in [4.78, 5) is 44.2. The monoisotopic (exact) mass is 820 g/mol. The van der Waals surface area contributed by atoms with E-state index in [9.17, 15) is 33.0 Å². The number of hydrogen-bond acceptors (Lipinski definition) is 11. The summed E-state index contributed by atoms with van der Waals surface area (Å²) >= 11 is 0. The van der Waals surface area contributed by atoms with Gasteiger partial charge in [-0.3, -0.25) is 19.4 Å². The molecule has 6 aromatic rings. The number of hydrogen-bond donors (Lipinski definition) is 7. The van der Waals surface area contributed by atoms with Crippen LogP contribution in [0.25, 0.3) is 21.8 Å². The number of aromatic nitrogens is 2. The highest BCUT2D eigenvalue weighted by molar-refractivity contribution is 7.91. The number of sulfone groups is 1. The van der Waals surface area contributed by atoms with Crippen LogP contribution in [0.1, 0.15) is 76.5 Å². The van der Waals surface area contributed by atoms with Gasteiger partial charge in [0.15, 0.2) is 0 Å². The fraction of sp³-hybridized carbons (Fsp3) is 0.273. The molecule has 8 N–H and O–H groups in total. The molecular formula is C44H48N6O8S. The smallest absolute Gasteiger partial charge is 0.252 e. The first-order chi connectivity index (χ1) is 28.4. The molecule has 59 heavy (non-hydrogen) atoms. The molecule has 0 spiro atoms. The number of nitrogens with one attached hydrogen (secondary N) is 4. The van der Waals surface area contributed by atoms with E-state index in [-0.39, 0.29) is 38.1 Å². The molecule has 0 aliphatic carbocycles. The molecule has 0 radical (unpaired) electrons. The Hall–Kier alpha value is -6.29. The Morgan fingerprint density at radius 2 is 1.63 bits per heavy atom. The third-order valence-corrected chi connectivity index (χ3v) is 11.9. The van der Waals surface area contributed by atoms with Gasteiger partial charge >= 0.3 is 0 Å². The topological polar surface area (TPSA) is 226 Å². The molecule has 0 fully saturated rings. The minimum Gasteiger partial charge on any atom is -0.506 e. The minimum atomic E-state index is -4.12. The number of benzene rings is 4. The number of unbranched alkanes of at least 4 members (excludes halogenated alkanes) is 5. The molecule has 0 aliphatic rings. The first-order valence-electron chi connectivity index (χ1n) is 19.4. The lowest BCUT2D eigenvalue weighted by atomic mass is 10.0. The molecule has 15 heteroatoms. The van der Waals surface area contributed by atoms with E-state index in [0.717, 1.165) is 45.1 Å². The van der Waals surface area contributed by atoms with Crippen LogP contribution in [0.2, 0.25) is 0 Å². The maximum atomic E-state index is 14.1. The number of anilines is 2. The van der Waals surface area contributed by atoms with Crippen molar-refractivity contribution < 1.29 is 33.0 Å². The van der Waals surface area contributed by atoms with Gasteiger partial charge in [-0.1, -0.05) is 43.9 Å². The normalized spacial score (nSPS) is 12.1. The van der Waals surface area contributed by atoms with Crippen molar-refractivity contribution in [2.45, 2.75) is 61.3 Å². The maximum absolute atomic E-state index is 14.1. The van der Waals surface area contributed by atoms with Gasteiger partial charge in [-0.25, -0.2) is 8.42 Å². The first kappa shape index (κ1) is 42.3. The van der Waals surface area contributed by atoms with Gasteiger partial charge in [0.05, 0.1) is 45.3 Å². The molecule has 0 bridgehead atoms. The first-order valence-corrected chi connectivity index (χ1v) is 20.9. The van der Waals surface area contributed by atoms with Crippen molar-refractivity contribution in [1.29, 1.82) is 0 Å². The Morgan fingerprint density at radius 1 is 0.881 bits per heavy atom. The summed E-state index contributed by atoms with van der Waals surface area (Å²) in [7, 11) is -2.59. The largest absolute Gasteiger partial charge is 0.506 e. The summed E-state index contributed by atoms with van der Waals surface area (Å²) in [6, 6.07) is 22.0. The number of aliphatic hydroxyl groups excluding tert-OH is 1. The fourth-order valence-corrected chi connectivity index (χ4v) is 8.41. The number of aliphatic hydroxyl groups is 1. The van der Waals surface area contributed by atoms with E-state index in [4.69, 9.17) is 10.5 Å². The molecule has 2 heterocycles. The summed E-state index contributed by atoms with van der Waals surface area (Å²) in [5.74, 6) is -0.586. The van der Waals surface area contributed by atoms with Gasteiger partial charge in [0.1, 0.15) is 11.5 Å². The maximum Gasteiger partial charge on any atom is 0.252 e. The number of ether oxygens (including phenoxy) is 1. The second kappa shape index (κ2) is 19.0. The van der Waals surface area contributed by atoms with Crippen LogP contribution in [0.15, 0.2) is 106 Å². The standard InChI is InChI=1S/C44H48N6O8S/c1-27-21-32(24-35-40(27)48-25-36(43(45)54)41(35)49-29-12-10-13-30(23-29)58-2)59(56,57)31-14-9-11-28(22-31)44(55)47-20-8-6-4-3-5-7-19-46-26-38(52)33-15-17-37(51)42-34(33)16-18-39(53)50-42/h9-18,21-25,38,46,51-52H,3-8,19-20,26H2,1-2H3,(H2,45,54)(H,47,55)(H,48,49)(H,50,53). The summed E-state index contributed by atoms with van der Waals surface area (Å²) < 4.78 is 33.4. The summed E-state index contributed by atoms with van der Waals surface area (Å²) in [6.07, 6.45) is 6.17. The van der Waals surface area contributed by atoms with E-state index in [0.29, 0.717) is 63.1 Å². The van der Waals surface area contributed by atoms with E-state index in [1.165, 1.54) is 55.8 Å². The van der Waals surface area contributed by atoms with E-state index in [1.807, 2.05) is 0 Å². The number of nitrogens with two attached hydrogens (primary N) is 1.